The van der Waals surface area contributed by atoms with Gasteiger partial charge in [-0.2, -0.15) is 5.10 Å². The molecule has 108 valence electrons. The lowest BCUT2D eigenvalue weighted by Gasteiger charge is -2.08. The Morgan fingerprint density at radius 2 is 1.95 bits per heavy atom. The Labute approximate surface area is 121 Å². The molecule has 0 bridgehead atoms. The maximum atomic E-state index is 10.5. The van der Waals surface area contributed by atoms with Gasteiger partial charge in [-0.05, 0) is 24.8 Å². The summed E-state index contributed by atoms with van der Waals surface area (Å²) in [5.41, 5.74) is 4.18. The third-order valence-electron chi connectivity index (χ3n) is 3.66. The lowest BCUT2D eigenvalue weighted by Crippen LogP contribution is -1.99. The highest BCUT2D eigenvalue weighted by atomic mass is 16.3. The number of benzene rings is 1. The molecule has 0 aliphatic heterocycles. The average Bonchev–Trinajstić information content (AvgIpc) is 2.74. The van der Waals surface area contributed by atoms with Crippen molar-refractivity contribution in [2.24, 2.45) is 0 Å². The van der Waals surface area contributed by atoms with Crippen LogP contribution in [-0.4, -0.2) is 14.9 Å². The maximum Gasteiger partial charge on any atom is 0.213 e. The topological polar surface area (TPSA) is 38.0 Å². The maximum absolute atomic E-state index is 10.5. The molecule has 0 unspecified atom stereocenters. The zero-order valence-corrected chi connectivity index (χ0v) is 12.8. The van der Waals surface area contributed by atoms with Crippen molar-refractivity contribution in [3.05, 3.63) is 35.4 Å². The molecule has 2 aromatic rings. The Hall–Kier alpha value is -1.77. The molecule has 0 radical (unpaired) electrons. The predicted octanol–water partition coefficient (Wildman–Crippen LogP) is 4.49. The van der Waals surface area contributed by atoms with Gasteiger partial charge in [0.1, 0.15) is 0 Å². The molecule has 0 fully saturated rings. The molecular weight excluding hydrogens is 248 g/mol. The first-order chi connectivity index (χ1) is 9.56. The van der Waals surface area contributed by atoms with E-state index in [9.17, 15) is 5.11 Å². The van der Waals surface area contributed by atoms with Gasteiger partial charge in [-0.25, -0.2) is 4.68 Å². The first-order valence-corrected chi connectivity index (χ1v) is 7.41. The summed E-state index contributed by atoms with van der Waals surface area (Å²) >= 11 is 0. The van der Waals surface area contributed by atoms with E-state index in [-0.39, 0.29) is 5.92 Å². The molecular formula is C17H24N2O. The standard InChI is InChI=1S/C17H24N2O/c1-5-6-11-19-17(20)15(12(2)3)16(18-19)14-10-8-7-9-13(14)4/h7-10,12,20H,5-6,11H2,1-4H3. The minimum absolute atomic E-state index is 0.250. The molecule has 1 heterocycles. The smallest absolute Gasteiger partial charge is 0.213 e. The first kappa shape index (κ1) is 14.6. The molecule has 0 aliphatic carbocycles. The van der Waals surface area contributed by atoms with Crippen LogP contribution in [0.15, 0.2) is 24.3 Å². The molecule has 2 rings (SSSR count). The summed E-state index contributed by atoms with van der Waals surface area (Å²) in [5.74, 6) is 0.576. The van der Waals surface area contributed by atoms with Crippen molar-refractivity contribution in [1.82, 2.24) is 9.78 Å². The molecule has 0 saturated heterocycles. The summed E-state index contributed by atoms with van der Waals surface area (Å²) in [5, 5.41) is 15.1. The highest BCUT2D eigenvalue weighted by molar-refractivity contribution is 5.69. The first-order valence-electron chi connectivity index (χ1n) is 7.41. The van der Waals surface area contributed by atoms with Crippen LogP contribution in [0.4, 0.5) is 0 Å². The molecule has 1 N–H and O–H groups in total. The van der Waals surface area contributed by atoms with E-state index in [1.807, 2.05) is 12.1 Å². The third kappa shape index (κ3) is 2.72. The Balaban J connectivity index is 2.54. The summed E-state index contributed by atoms with van der Waals surface area (Å²) in [6, 6.07) is 8.21. The highest BCUT2D eigenvalue weighted by Gasteiger charge is 2.21. The summed E-state index contributed by atoms with van der Waals surface area (Å²) < 4.78 is 1.75. The van der Waals surface area contributed by atoms with E-state index in [0.29, 0.717) is 5.88 Å². The van der Waals surface area contributed by atoms with E-state index in [2.05, 4.69) is 44.9 Å². The van der Waals surface area contributed by atoms with Gasteiger partial charge in [0.2, 0.25) is 5.88 Å². The SMILES string of the molecule is CCCCn1nc(-c2ccccc2C)c(C(C)C)c1O. The lowest BCUT2D eigenvalue weighted by molar-refractivity contribution is 0.387. The Morgan fingerprint density at radius 1 is 1.25 bits per heavy atom. The number of hydrogen-bond acceptors (Lipinski definition) is 2. The van der Waals surface area contributed by atoms with Gasteiger partial charge in [0.05, 0.1) is 5.69 Å². The predicted molar refractivity (Wildman–Crippen MR) is 83.1 cm³/mol. The van der Waals surface area contributed by atoms with E-state index in [1.165, 1.54) is 5.56 Å². The van der Waals surface area contributed by atoms with Crippen molar-refractivity contribution in [3.63, 3.8) is 0 Å². The number of aryl methyl sites for hydroxylation is 2. The van der Waals surface area contributed by atoms with Crippen LogP contribution < -0.4 is 0 Å². The van der Waals surface area contributed by atoms with Crippen LogP contribution in [0.1, 0.15) is 50.7 Å². The molecule has 0 saturated carbocycles. The van der Waals surface area contributed by atoms with Crippen LogP contribution in [0.5, 0.6) is 5.88 Å². The van der Waals surface area contributed by atoms with E-state index < -0.39 is 0 Å². The highest BCUT2D eigenvalue weighted by Crippen LogP contribution is 2.36. The summed E-state index contributed by atoms with van der Waals surface area (Å²) in [6.45, 7) is 9.20. The van der Waals surface area contributed by atoms with E-state index in [4.69, 9.17) is 0 Å². The molecule has 0 amide bonds. The number of hydrogen-bond donors (Lipinski definition) is 1. The lowest BCUT2D eigenvalue weighted by atomic mass is 9.96. The molecule has 20 heavy (non-hydrogen) atoms. The normalized spacial score (nSPS) is 11.2. The molecule has 1 aromatic carbocycles. The number of unbranched alkanes of at least 4 members (excludes halogenated alkanes) is 1. The van der Waals surface area contributed by atoms with Gasteiger partial charge in [0.25, 0.3) is 0 Å². The minimum atomic E-state index is 0.250. The monoisotopic (exact) mass is 272 g/mol. The molecule has 0 spiro atoms. The molecule has 0 aliphatic rings. The van der Waals surface area contributed by atoms with Gasteiger partial charge in [-0.15, -0.1) is 0 Å². The zero-order valence-electron chi connectivity index (χ0n) is 12.8. The van der Waals surface area contributed by atoms with Crippen LogP contribution in [0.25, 0.3) is 11.3 Å². The van der Waals surface area contributed by atoms with Gasteiger partial charge in [-0.1, -0.05) is 51.5 Å². The number of aromatic hydroxyl groups is 1. The number of rotatable bonds is 5. The van der Waals surface area contributed by atoms with Crippen LogP contribution in [0.3, 0.4) is 0 Å². The summed E-state index contributed by atoms with van der Waals surface area (Å²) in [6.07, 6.45) is 2.12. The number of aromatic nitrogens is 2. The fourth-order valence-corrected chi connectivity index (χ4v) is 2.50. The molecule has 1 aromatic heterocycles. The second-order valence-electron chi connectivity index (χ2n) is 5.63. The second-order valence-corrected chi connectivity index (χ2v) is 5.63. The summed E-state index contributed by atoms with van der Waals surface area (Å²) in [4.78, 5) is 0. The Bertz CT molecular complexity index is 585. The van der Waals surface area contributed by atoms with Crippen molar-refractivity contribution < 1.29 is 5.11 Å². The Morgan fingerprint density at radius 3 is 2.55 bits per heavy atom. The van der Waals surface area contributed by atoms with Crippen molar-refractivity contribution in [3.8, 4) is 17.1 Å². The van der Waals surface area contributed by atoms with Crippen LogP contribution in [0, 0.1) is 6.92 Å². The zero-order chi connectivity index (χ0) is 14.7. The fraction of sp³-hybridized carbons (Fsp3) is 0.471. The number of nitrogens with zero attached hydrogens (tertiary/aromatic N) is 2. The minimum Gasteiger partial charge on any atom is -0.493 e. The average molecular weight is 272 g/mol. The molecule has 0 atom stereocenters. The quantitative estimate of drug-likeness (QED) is 0.871. The van der Waals surface area contributed by atoms with Crippen molar-refractivity contribution in [2.75, 3.05) is 0 Å². The van der Waals surface area contributed by atoms with Gasteiger partial charge >= 0.3 is 0 Å². The second kappa shape index (κ2) is 6.12. The van der Waals surface area contributed by atoms with Crippen molar-refractivity contribution in [2.45, 2.75) is 53.0 Å². The van der Waals surface area contributed by atoms with Crippen LogP contribution in [-0.2, 0) is 6.54 Å². The van der Waals surface area contributed by atoms with E-state index in [0.717, 1.165) is 36.2 Å². The van der Waals surface area contributed by atoms with E-state index >= 15 is 0 Å². The van der Waals surface area contributed by atoms with E-state index in [1.54, 1.807) is 4.68 Å². The van der Waals surface area contributed by atoms with Crippen molar-refractivity contribution >= 4 is 0 Å². The van der Waals surface area contributed by atoms with Gasteiger partial charge in [0, 0.05) is 17.7 Å². The van der Waals surface area contributed by atoms with Gasteiger partial charge in [0.15, 0.2) is 0 Å². The van der Waals surface area contributed by atoms with Gasteiger partial charge in [-0.3, -0.25) is 0 Å². The van der Waals surface area contributed by atoms with Crippen molar-refractivity contribution in [1.29, 1.82) is 0 Å². The third-order valence-corrected chi connectivity index (χ3v) is 3.66. The van der Waals surface area contributed by atoms with Crippen LogP contribution >= 0.6 is 0 Å². The fourth-order valence-electron chi connectivity index (χ4n) is 2.50. The molecule has 3 nitrogen and oxygen atoms in total. The molecule has 3 heteroatoms. The largest absolute Gasteiger partial charge is 0.493 e. The van der Waals surface area contributed by atoms with Gasteiger partial charge < -0.3 is 5.11 Å². The van der Waals surface area contributed by atoms with Crippen LogP contribution in [0.2, 0.25) is 0 Å². The summed E-state index contributed by atoms with van der Waals surface area (Å²) in [7, 11) is 0. The Kier molecular flexibility index (Phi) is 4.48.